The van der Waals surface area contributed by atoms with E-state index in [1.807, 2.05) is 18.0 Å². The summed E-state index contributed by atoms with van der Waals surface area (Å²) < 4.78 is 0. The Morgan fingerprint density at radius 3 is 2.89 bits per heavy atom. The second-order valence-corrected chi connectivity index (χ2v) is 2.74. The van der Waals surface area contributed by atoms with Crippen molar-refractivity contribution < 1.29 is 0 Å². The maximum atomic E-state index is 3.19. The molecule has 9 heavy (non-hydrogen) atoms. The van der Waals surface area contributed by atoms with Crippen LogP contribution in [0.4, 0.5) is 0 Å². The first-order chi connectivity index (χ1) is 4.41. The minimum absolute atomic E-state index is 1.08. The highest BCUT2D eigenvalue weighted by Crippen LogP contribution is 1.86. The molecule has 0 amide bonds. The van der Waals surface area contributed by atoms with Gasteiger partial charge in [-0.2, -0.15) is 11.8 Å². The Kier molecular flexibility index (Phi) is 7.79. The highest BCUT2D eigenvalue weighted by atomic mass is 32.2. The number of hydrogen-bond donors (Lipinski definition) is 1. The van der Waals surface area contributed by atoms with Crippen molar-refractivity contribution in [3.05, 3.63) is 12.3 Å². The molecule has 54 valence electrons. The Hall–Kier alpha value is -0.110. The lowest BCUT2D eigenvalue weighted by Gasteiger charge is -1.95. The number of nitrogens with one attached hydrogen (secondary N) is 1. The van der Waals surface area contributed by atoms with Crippen molar-refractivity contribution >= 4 is 11.8 Å². The summed E-state index contributed by atoms with van der Waals surface area (Å²) in [7, 11) is 0. The Bertz CT molecular complexity index is 71.3. The Labute approximate surface area is 61.9 Å². The van der Waals surface area contributed by atoms with Gasteiger partial charge in [0.1, 0.15) is 0 Å². The molecule has 2 heteroatoms. The van der Waals surface area contributed by atoms with E-state index < -0.39 is 0 Å². The fourth-order valence-corrected chi connectivity index (χ4v) is 0.767. The van der Waals surface area contributed by atoms with Crippen LogP contribution in [0.3, 0.4) is 0 Å². The second-order valence-electron chi connectivity index (χ2n) is 1.76. The molecule has 0 rings (SSSR count). The van der Waals surface area contributed by atoms with Crippen LogP contribution < -0.4 is 5.32 Å². The summed E-state index contributed by atoms with van der Waals surface area (Å²) in [4.78, 5) is 0. The van der Waals surface area contributed by atoms with E-state index >= 15 is 0 Å². The fourth-order valence-electron chi connectivity index (χ4n) is 0.446. The third-order valence-corrected chi connectivity index (χ3v) is 1.53. The molecule has 0 saturated heterocycles. The molecule has 0 aliphatic rings. The largest absolute Gasteiger partial charge is 0.390 e. The second kappa shape index (κ2) is 7.89. The molecule has 0 aromatic carbocycles. The van der Waals surface area contributed by atoms with Gasteiger partial charge in [0, 0.05) is 12.3 Å². The van der Waals surface area contributed by atoms with Crippen molar-refractivity contribution in [3.63, 3.8) is 0 Å². The molecule has 1 N–H and O–H groups in total. The van der Waals surface area contributed by atoms with Gasteiger partial charge in [-0.05, 0) is 18.9 Å². The molecule has 0 aliphatic carbocycles. The van der Waals surface area contributed by atoms with Crippen LogP contribution in [-0.2, 0) is 0 Å². The van der Waals surface area contributed by atoms with Gasteiger partial charge < -0.3 is 5.32 Å². The van der Waals surface area contributed by atoms with E-state index in [9.17, 15) is 0 Å². The van der Waals surface area contributed by atoms with Gasteiger partial charge in [-0.25, -0.2) is 0 Å². The molecular weight excluding hydrogens is 130 g/mol. The van der Waals surface area contributed by atoms with Crippen molar-refractivity contribution in [3.8, 4) is 0 Å². The Morgan fingerprint density at radius 1 is 1.56 bits per heavy atom. The summed E-state index contributed by atoms with van der Waals surface area (Å²) >= 11 is 1.86. The normalized spacial score (nSPS) is 10.4. The molecule has 0 unspecified atom stereocenters. The van der Waals surface area contributed by atoms with Gasteiger partial charge in [0.2, 0.25) is 0 Å². The van der Waals surface area contributed by atoms with Gasteiger partial charge in [0.15, 0.2) is 0 Å². The fraction of sp³-hybridized carbons (Fsp3) is 0.714. The van der Waals surface area contributed by atoms with E-state index in [-0.39, 0.29) is 0 Å². The topological polar surface area (TPSA) is 12.0 Å². The molecular formula is C7H15NS. The molecule has 1 nitrogen and oxygen atoms in total. The Balaban J connectivity index is 2.82. The summed E-state index contributed by atoms with van der Waals surface area (Å²) in [6.07, 6.45) is 7.38. The summed E-state index contributed by atoms with van der Waals surface area (Å²) in [5.74, 6) is 1.19. The third-order valence-electron chi connectivity index (χ3n) is 0.922. The van der Waals surface area contributed by atoms with Crippen LogP contribution in [0.25, 0.3) is 0 Å². The van der Waals surface area contributed by atoms with E-state index in [0.29, 0.717) is 0 Å². The van der Waals surface area contributed by atoms with Crippen molar-refractivity contribution in [2.75, 3.05) is 18.6 Å². The third kappa shape index (κ3) is 7.89. The lowest BCUT2D eigenvalue weighted by atomic mass is 10.5. The van der Waals surface area contributed by atoms with Crippen LogP contribution in [0.1, 0.15) is 13.3 Å². The first-order valence-corrected chi connectivity index (χ1v) is 4.68. The van der Waals surface area contributed by atoms with Crippen LogP contribution in [0.5, 0.6) is 0 Å². The SMILES string of the molecule is CC/C=C/NCCSC. The molecule has 0 radical (unpaired) electrons. The predicted molar refractivity (Wildman–Crippen MR) is 45.8 cm³/mol. The van der Waals surface area contributed by atoms with Crippen molar-refractivity contribution in [1.29, 1.82) is 0 Å². The number of thioether (sulfide) groups is 1. The molecule has 0 heterocycles. The quantitative estimate of drug-likeness (QED) is 0.593. The lowest BCUT2D eigenvalue weighted by Crippen LogP contribution is -2.08. The monoisotopic (exact) mass is 145 g/mol. The zero-order valence-electron chi connectivity index (χ0n) is 6.18. The molecule has 0 fully saturated rings. The highest BCUT2D eigenvalue weighted by Gasteiger charge is 1.76. The number of allylic oxidation sites excluding steroid dienone is 1. The molecule has 0 aliphatic heterocycles. The molecule has 0 bridgehead atoms. The van der Waals surface area contributed by atoms with Gasteiger partial charge in [-0.1, -0.05) is 13.0 Å². The first kappa shape index (κ1) is 8.89. The van der Waals surface area contributed by atoms with Crippen LogP contribution in [0.15, 0.2) is 12.3 Å². The van der Waals surface area contributed by atoms with Crippen LogP contribution >= 0.6 is 11.8 Å². The van der Waals surface area contributed by atoms with E-state index in [4.69, 9.17) is 0 Å². The van der Waals surface area contributed by atoms with E-state index in [1.54, 1.807) is 0 Å². The summed E-state index contributed by atoms with van der Waals surface area (Å²) in [5, 5.41) is 3.19. The average molecular weight is 145 g/mol. The molecule has 0 saturated carbocycles. The van der Waals surface area contributed by atoms with Gasteiger partial charge >= 0.3 is 0 Å². The summed E-state index contributed by atoms with van der Waals surface area (Å²) in [5.41, 5.74) is 0. The molecule has 0 aromatic rings. The van der Waals surface area contributed by atoms with Gasteiger partial charge in [-0.3, -0.25) is 0 Å². The number of rotatable bonds is 5. The number of hydrogen-bond acceptors (Lipinski definition) is 2. The van der Waals surface area contributed by atoms with Crippen molar-refractivity contribution in [2.24, 2.45) is 0 Å². The minimum Gasteiger partial charge on any atom is -0.390 e. The molecule has 0 atom stereocenters. The van der Waals surface area contributed by atoms with E-state index in [0.717, 1.165) is 13.0 Å². The first-order valence-electron chi connectivity index (χ1n) is 3.29. The van der Waals surface area contributed by atoms with Crippen molar-refractivity contribution in [2.45, 2.75) is 13.3 Å². The zero-order chi connectivity index (χ0) is 6.95. The van der Waals surface area contributed by atoms with Crippen LogP contribution in [-0.4, -0.2) is 18.6 Å². The zero-order valence-corrected chi connectivity index (χ0v) is 7.00. The van der Waals surface area contributed by atoms with Gasteiger partial charge in [0.25, 0.3) is 0 Å². The maximum Gasteiger partial charge on any atom is 0.0232 e. The maximum absolute atomic E-state index is 3.19. The summed E-state index contributed by atoms with van der Waals surface area (Å²) in [6, 6.07) is 0. The molecule has 0 spiro atoms. The van der Waals surface area contributed by atoms with Crippen LogP contribution in [0.2, 0.25) is 0 Å². The van der Waals surface area contributed by atoms with Crippen LogP contribution in [0, 0.1) is 0 Å². The predicted octanol–water partition coefficient (Wildman–Crippen LogP) is 1.86. The van der Waals surface area contributed by atoms with Crippen molar-refractivity contribution in [1.82, 2.24) is 5.32 Å². The van der Waals surface area contributed by atoms with E-state index in [2.05, 4.69) is 24.6 Å². The van der Waals surface area contributed by atoms with E-state index in [1.165, 1.54) is 5.75 Å². The standard InChI is InChI=1S/C7H15NS/c1-3-4-5-8-6-7-9-2/h4-5,8H,3,6-7H2,1-2H3/b5-4+. The molecule has 0 aromatic heterocycles. The minimum atomic E-state index is 1.08. The summed E-state index contributed by atoms with van der Waals surface area (Å²) in [6.45, 7) is 3.21. The smallest absolute Gasteiger partial charge is 0.0232 e. The lowest BCUT2D eigenvalue weighted by molar-refractivity contribution is 0.922. The highest BCUT2D eigenvalue weighted by molar-refractivity contribution is 7.98. The Morgan fingerprint density at radius 2 is 2.33 bits per heavy atom. The average Bonchev–Trinajstić information content (AvgIpc) is 1.89. The van der Waals surface area contributed by atoms with Gasteiger partial charge in [0.05, 0.1) is 0 Å². The van der Waals surface area contributed by atoms with Gasteiger partial charge in [-0.15, -0.1) is 0 Å².